The SMILES string of the molecule is CC/C=C\C/C=C\C/C=C\C/C=C\C/C=C\C/C=C\C/C=C\C/C=C\CCCCCCCCCCCCCCCCCCC(=O)NC(CO)C(O)/C=C/CCCCCCCCC. The standard InChI is InChI=1S/C58H99NO3/c1-3-5-7-9-11-13-14-15-16-17-18-19-20-21-22-23-24-25-26-27-28-29-30-31-32-33-34-35-36-37-38-39-40-41-42-43-44-46-48-50-52-54-58(62)59-56(55-60)57(61)53-51-49-47-45-12-10-8-6-4-2/h5,7,11,13,15-16,18-19,21-22,24-25,27-28,30-31,51,53,56-57,60-61H,3-4,6,8-10,12,14,17,20,23,26,29,32-50,52,54-55H2,1-2H3,(H,59,62)/b7-5-,13-11-,16-15-,19-18-,22-21-,25-24-,28-27-,31-30-,53-51+. The highest BCUT2D eigenvalue weighted by Gasteiger charge is 2.18. The number of allylic oxidation sites excluding steroid dienone is 17. The minimum absolute atomic E-state index is 0.0696. The van der Waals surface area contributed by atoms with Gasteiger partial charge in [-0.05, 0) is 83.5 Å². The molecule has 0 aromatic rings. The summed E-state index contributed by atoms with van der Waals surface area (Å²) < 4.78 is 0. The van der Waals surface area contributed by atoms with Crippen LogP contribution in [0.4, 0.5) is 0 Å². The van der Waals surface area contributed by atoms with Crippen LogP contribution in [-0.4, -0.2) is 34.9 Å². The van der Waals surface area contributed by atoms with Gasteiger partial charge in [0.25, 0.3) is 0 Å². The van der Waals surface area contributed by atoms with E-state index in [0.717, 1.165) is 77.0 Å². The summed E-state index contributed by atoms with van der Waals surface area (Å²) >= 11 is 0. The molecule has 0 spiro atoms. The van der Waals surface area contributed by atoms with Gasteiger partial charge in [0.05, 0.1) is 18.8 Å². The molecular weight excluding hydrogens is 759 g/mol. The first-order valence-corrected chi connectivity index (χ1v) is 26.1. The highest BCUT2D eigenvalue weighted by molar-refractivity contribution is 5.76. The maximum absolute atomic E-state index is 12.4. The second kappa shape index (κ2) is 52.4. The van der Waals surface area contributed by atoms with Gasteiger partial charge in [0.2, 0.25) is 5.91 Å². The van der Waals surface area contributed by atoms with Crippen LogP contribution >= 0.6 is 0 Å². The molecule has 0 aromatic carbocycles. The monoisotopic (exact) mass is 858 g/mol. The normalized spacial score (nSPS) is 13.8. The van der Waals surface area contributed by atoms with Crippen LogP contribution in [0.25, 0.3) is 0 Å². The minimum Gasteiger partial charge on any atom is -0.394 e. The molecule has 0 rings (SSSR count). The number of hydrogen-bond donors (Lipinski definition) is 3. The lowest BCUT2D eigenvalue weighted by Crippen LogP contribution is -2.45. The van der Waals surface area contributed by atoms with Crippen LogP contribution in [0.2, 0.25) is 0 Å². The third-order valence-corrected chi connectivity index (χ3v) is 11.3. The molecule has 0 aromatic heterocycles. The molecule has 0 saturated heterocycles. The summed E-state index contributed by atoms with van der Waals surface area (Å²) in [6.07, 6.45) is 79.6. The lowest BCUT2D eigenvalue weighted by molar-refractivity contribution is -0.123. The molecule has 4 nitrogen and oxygen atoms in total. The molecule has 0 aliphatic rings. The van der Waals surface area contributed by atoms with Crippen molar-refractivity contribution in [1.29, 1.82) is 0 Å². The van der Waals surface area contributed by atoms with Gasteiger partial charge < -0.3 is 15.5 Å². The molecule has 1 amide bonds. The van der Waals surface area contributed by atoms with E-state index in [9.17, 15) is 15.0 Å². The van der Waals surface area contributed by atoms with Gasteiger partial charge in [0.15, 0.2) is 0 Å². The topological polar surface area (TPSA) is 69.6 Å². The number of hydrogen-bond acceptors (Lipinski definition) is 3. The van der Waals surface area contributed by atoms with Crippen molar-refractivity contribution in [2.24, 2.45) is 0 Å². The Morgan fingerprint density at radius 1 is 0.403 bits per heavy atom. The summed E-state index contributed by atoms with van der Waals surface area (Å²) in [5, 5.41) is 22.9. The number of aliphatic hydroxyl groups excluding tert-OH is 2. The zero-order valence-electron chi connectivity index (χ0n) is 40.6. The number of carbonyl (C=O) groups excluding carboxylic acids is 1. The number of unbranched alkanes of at least 4 members (excludes halogenated alkanes) is 23. The number of rotatable bonds is 46. The predicted molar refractivity (Wildman–Crippen MR) is 276 cm³/mol. The molecule has 354 valence electrons. The highest BCUT2D eigenvalue weighted by Crippen LogP contribution is 2.15. The van der Waals surface area contributed by atoms with Crippen molar-refractivity contribution in [2.75, 3.05) is 6.61 Å². The van der Waals surface area contributed by atoms with Crippen molar-refractivity contribution in [3.63, 3.8) is 0 Å². The molecule has 0 fully saturated rings. The van der Waals surface area contributed by atoms with Crippen LogP contribution in [0.15, 0.2) is 109 Å². The van der Waals surface area contributed by atoms with Gasteiger partial charge >= 0.3 is 0 Å². The highest BCUT2D eigenvalue weighted by atomic mass is 16.3. The van der Waals surface area contributed by atoms with Crippen molar-refractivity contribution in [3.05, 3.63) is 109 Å². The van der Waals surface area contributed by atoms with Gasteiger partial charge in [-0.3, -0.25) is 4.79 Å². The number of aliphatic hydroxyl groups is 2. The maximum atomic E-state index is 12.4. The van der Waals surface area contributed by atoms with E-state index in [2.05, 4.69) is 116 Å². The van der Waals surface area contributed by atoms with E-state index in [1.807, 2.05) is 6.08 Å². The molecule has 2 atom stereocenters. The Kier molecular flexibility index (Phi) is 49.9. The molecule has 0 aliphatic carbocycles. The third-order valence-electron chi connectivity index (χ3n) is 11.3. The first-order chi connectivity index (χ1) is 30.7. The molecule has 0 radical (unpaired) electrons. The average Bonchev–Trinajstić information content (AvgIpc) is 3.28. The molecule has 3 N–H and O–H groups in total. The molecule has 62 heavy (non-hydrogen) atoms. The van der Waals surface area contributed by atoms with Crippen molar-refractivity contribution < 1.29 is 15.0 Å². The van der Waals surface area contributed by atoms with Gasteiger partial charge in [-0.15, -0.1) is 0 Å². The number of nitrogens with one attached hydrogen (secondary N) is 1. The summed E-state index contributed by atoms with van der Waals surface area (Å²) in [6, 6.07) is -0.624. The van der Waals surface area contributed by atoms with E-state index in [1.54, 1.807) is 6.08 Å². The van der Waals surface area contributed by atoms with Crippen molar-refractivity contribution >= 4 is 5.91 Å². The van der Waals surface area contributed by atoms with E-state index in [1.165, 1.54) is 135 Å². The summed E-state index contributed by atoms with van der Waals surface area (Å²) in [4.78, 5) is 12.4. The summed E-state index contributed by atoms with van der Waals surface area (Å²) in [5.41, 5.74) is 0. The summed E-state index contributed by atoms with van der Waals surface area (Å²) in [5.74, 6) is -0.0696. The van der Waals surface area contributed by atoms with E-state index in [4.69, 9.17) is 0 Å². The Bertz CT molecular complexity index is 1200. The van der Waals surface area contributed by atoms with Gasteiger partial charge in [0.1, 0.15) is 0 Å². The number of carbonyl (C=O) groups is 1. The Balaban J connectivity index is 3.50. The van der Waals surface area contributed by atoms with Crippen LogP contribution in [0.3, 0.4) is 0 Å². The zero-order chi connectivity index (χ0) is 44.9. The fraction of sp³-hybridized carbons (Fsp3) is 0.672. The maximum Gasteiger partial charge on any atom is 0.220 e. The summed E-state index contributed by atoms with van der Waals surface area (Å²) in [6.45, 7) is 4.16. The molecule has 2 unspecified atom stereocenters. The van der Waals surface area contributed by atoms with Gasteiger partial charge in [-0.25, -0.2) is 0 Å². The lowest BCUT2D eigenvalue weighted by atomic mass is 10.0. The molecule has 0 saturated carbocycles. The summed E-state index contributed by atoms with van der Waals surface area (Å²) in [7, 11) is 0. The van der Waals surface area contributed by atoms with Crippen LogP contribution in [-0.2, 0) is 4.79 Å². The van der Waals surface area contributed by atoms with E-state index in [-0.39, 0.29) is 12.5 Å². The molecule has 0 aliphatic heterocycles. The Labute approximate surface area is 385 Å². The Morgan fingerprint density at radius 3 is 1.06 bits per heavy atom. The second-order valence-electron chi connectivity index (χ2n) is 17.2. The van der Waals surface area contributed by atoms with Gasteiger partial charge in [-0.2, -0.15) is 0 Å². The van der Waals surface area contributed by atoms with Crippen LogP contribution in [0.1, 0.15) is 232 Å². The molecular formula is C58H99NO3. The largest absolute Gasteiger partial charge is 0.394 e. The molecule has 4 heteroatoms. The fourth-order valence-corrected chi connectivity index (χ4v) is 7.31. The molecule has 0 heterocycles. The quantitative estimate of drug-likeness (QED) is 0.0422. The van der Waals surface area contributed by atoms with Crippen molar-refractivity contribution in [1.82, 2.24) is 5.32 Å². The first-order valence-electron chi connectivity index (χ1n) is 26.1. The van der Waals surface area contributed by atoms with E-state index < -0.39 is 12.1 Å². The van der Waals surface area contributed by atoms with Gasteiger partial charge in [-0.1, -0.05) is 252 Å². The number of amides is 1. The van der Waals surface area contributed by atoms with Gasteiger partial charge in [0, 0.05) is 6.42 Å². The Morgan fingerprint density at radius 2 is 0.710 bits per heavy atom. The lowest BCUT2D eigenvalue weighted by Gasteiger charge is -2.20. The zero-order valence-corrected chi connectivity index (χ0v) is 40.6. The first kappa shape index (κ1) is 59.0. The minimum atomic E-state index is -0.840. The van der Waals surface area contributed by atoms with Crippen molar-refractivity contribution in [3.8, 4) is 0 Å². The van der Waals surface area contributed by atoms with Crippen LogP contribution < -0.4 is 5.32 Å². The van der Waals surface area contributed by atoms with Crippen LogP contribution in [0.5, 0.6) is 0 Å². The van der Waals surface area contributed by atoms with Crippen molar-refractivity contribution in [2.45, 2.75) is 244 Å². The van der Waals surface area contributed by atoms with E-state index in [0.29, 0.717) is 6.42 Å². The van der Waals surface area contributed by atoms with Crippen LogP contribution in [0, 0.1) is 0 Å². The second-order valence-corrected chi connectivity index (χ2v) is 17.2. The fourth-order valence-electron chi connectivity index (χ4n) is 7.31. The molecule has 0 bridgehead atoms. The average molecular weight is 858 g/mol. The Hall–Kier alpha value is -2.95. The van der Waals surface area contributed by atoms with E-state index >= 15 is 0 Å². The predicted octanol–water partition coefficient (Wildman–Crippen LogP) is 17.1. The smallest absolute Gasteiger partial charge is 0.220 e. The third kappa shape index (κ3) is 48.1.